The molecule has 2 heterocycles. The second-order valence-corrected chi connectivity index (χ2v) is 8.10. The fourth-order valence-corrected chi connectivity index (χ4v) is 4.14. The summed E-state index contributed by atoms with van der Waals surface area (Å²) >= 11 is 0. The number of hydrogen-bond acceptors (Lipinski definition) is 3. The van der Waals surface area contributed by atoms with E-state index in [0.29, 0.717) is 18.1 Å². The molecule has 2 rings (SSSR count). The van der Waals surface area contributed by atoms with E-state index in [2.05, 4.69) is 47.8 Å². The number of likely N-dealkylation sites (tertiary alicyclic amines) is 2. The van der Waals surface area contributed by atoms with Gasteiger partial charge in [-0.05, 0) is 57.5 Å². The van der Waals surface area contributed by atoms with E-state index in [4.69, 9.17) is 4.74 Å². The largest absolute Gasteiger partial charge is 0.378 e. The van der Waals surface area contributed by atoms with E-state index in [-0.39, 0.29) is 0 Å². The van der Waals surface area contributed by atoms with E-state index in [1.165, 1.54) is 25.9 Å². The minimum atomic E-state index is 0.429. The highest BCUT2D eigenvalue weighted by molar-refractivity contribution is 5.80. The Morgan fingerprint density at radius 1 is 1.12 bits per heavy atom. The smallest absolute Gasteiger partial charge is 0.193 e. The first-order valence-electron chi connectivity index (χ1n) is 10.4. The summed E-state index contributed by atoms with van der Waals surface area (Å²) in [5.74, 6) is 2.60. The van der Waals surface area contributed by atoms with Crippen LogP contribution in [0.25, 0.3) is 0 Å². The molecule has 1 atom stereocenters. The average Bonchev–Trinajstić information content (AvgIpc) is 2.61. The number of hydrogen-bond donors (Lipinski definition) is 1. The van der Waals surface area contributed by atoms with Gasteiger partial charge in [-0.2, -0.15) is 0 Å². The van der Waals surface area contributed by atoms with Crippen LogP contribution in [0.3, 0.4) is 0 Å². The van der Waals surface area contributed by atoms with Crippen molar-refractivity contribution in [2.45, 2.75) is 65.5 Å². The first-order valence-corrected chi connectivity index (χ1v) is 10.4. The summed E-state index contributed by atoms with van der Waals surface area (Å²) in [7, 11) is 1.91. The fourth-order valence-electron chi connectivity index (χ4n) is 4.14. The maximum absolute atomic E-state index is 5.77. The number of aliphatic imine (C=N–C) groups is 1. The molecule has 0 radical (unpaired) electrons. The molecule has 2 saturated heterocycles. The third-order valence-corrected chi connectivity index (χ3v) is 5.88. The van der Waals surface area contributed by atoms with Gasteiger partial charge in [-0.1, -0.05) is 20.8 Å². The molecular formula is C20H40N4O. The highest BCUT2D eigenvalue weighted by Crippen LogP contribution is 2.21. The van der Waals surface area contributed by atoms with Crippen LogP contribution in [-0.2, 0) is 4.74 Å². The lowest BCUT2D eigenvalue weighted by molar-refractivity contribution is 0.0262. The number of guanidine groups is 1. The van der Waals surface area contributed by atoms with Crippen LogP contribution in [0, 0.1) is 11.8 Å². The van der Waals surface area contributed by atoms with Crippen molar-refractivity contribution >= 4 is 5.96 Å². The van der Waals surface area contributed by atoms with Crippen LogP contribution >= 0.6 is 0 Å². The Labute approximate surface area is 155 Å². The molecule has 146 valence electrons. The predicted octanol–water partition coefficient (Wildman–Crippen LogP) is 2.82. The zero-order chi connectivity index (χ0) is 18.2. The average molecular weight is 353 g/mol. The molecule has 2 aliphatic rings. The van der Waals surface area contributed by atoms with Gasteiger partial charge in [-0.25, -0.2) is 0 Å². The van der Waals surface area contributed by atoms with Gasteiger partial charge >= 0.3 is 0 Å². The number of nitrogens with one attached hydrogen (secondary N) is 1. The van der Waals surface area contributed by atoms with Gasteiger partial charge in [-0.3, -0.25) is 9.89 Å². The lowest BCUT2D eigenvalue weighted by Crippen LogP contribution is -2.53. The van der Waals surface area contributed by atoms with Gasteiger partial charge in [0.1, 0.15) is 0 Å². The van der Waals surface area contributed by atoms with Gasteiger partial charge in [0.15, 0.2) is 5.96 Å². The minimum Gasteiger partial charge on any atom is -0.378 e. The van der Waals surface area contributed by atoms with E-state index in [0.717, 1.165) is 51.0 Å². The Balaban J connectivity index is 1.83. The van der Waals surface area contributed by atoms with Gasteiger partial charge in [-0.15, -0.1) is 0 Å². The summed E-state index contributed by atoms with van der Waals surface area (Å²) in [5, 5.41) is 3.67. The summed E-state index contributed by atoms with van der Waals surface area (Å²) in [6.07, 6.45) is 5.31. The van der Waals surface area contributed by atoms with E-state index in [1.807, 2.05) is 7.05 Å². The molecule has 5 nitrogen and oxygen atoms in total. The Kier molecular flexibility index (Phi) is 8.50. The lowest BCUT2D eigenvalue weighted by Gasteiger charge is -2.40. The van der Waals surface area contributed by atoms with Gasteiger partial charge in [0.05, 0.1) is 6.10 Å². The standard InChI is InChI=1S/C20H40N4O/c1-6-25-18-9-13-24(14-10-18)20(21-5)22-15-19(16(2)3)23-11-7-17(4)8-12-23/h16-19H,6-15H2,1-5H3,(H,21,22). The van der Waals surface area contributed by atoms with Crippen LogP contribution in [0.1, 0.15) is 53.4 Å². The first kappa shape index (κ1) is 20.5. The van der Waals surface area contributed by atoms with Crippen LogP contribution in [0.5, 0.6) is 0 Å². The van der Waals surface area contributed by atoms with Crippen molar-refractivity contribution in [2.24, 2.45) is 16.8 Å². The van der Waals surface area contributed by atoms with E-state index in [1.54, 1.807) is 0 Å². The van der Waals surface area contributed by atoms with Crippen molar-refractivity contribution in [2.75, 3.05) is 46.4 Å². The molecule has 0 aromatic carbocycles. The second kappa shape index (κ2) is 10.4. The Bertz CT molecular complexity index is 397. The molecule has 5 heteroatoms. The molecule has 0 amide bonds. The third-order valence-electron chi connectivity index (χ3n) is 5.88. The molecule has 2 aliphatic heterocycles. The molecule has 0 spiro atoms. The van der Waals surface area contributed by atoms with Gasteiger partial charge < -0.3 is 15.0 Å². The van der Waals surface area contributed by atoms with Crippen molar-refractivity contribution in [1.29, 1.82) is 0 Å². The van der Waals surface area contributed by atoms with Gasteiger partial charge in [0, 0.05) is 39.3 Å². The third kappa shape index (κ3) is 6.14. The molecular weight excluding hydrogens is 312 g/mol. The molecule has 0 aromatic rings. The van der Waals surface area contributed by atoms with Crippen LogP contribution in [0.4, 0.5) is 0 Å². The summed E-state index contributed by atoms with van der Waals surface area (Å²) in [6, 6.07) is 0.588. The maximum Gasteiger partial charge on any atom is 0.193 e. The van der Waals surface area contributed by atoms with Crippen molar-refractivity contribution in [3.63, 3.8) is 0 Å². The predicted molar refractivity (Wildman–Crippen MR) is 106 cm³/mol. The monoisotopic (exact) mass is 352 g/mol. The van der Waals surface area contributed by atoms with Crippen molar-refractivity contribution in [3.05, 3.63) is 0 Å². The Hall–Kier alpha value is -0.810. The summed E-state index contributed by atoms with van der Waals surface area (Å²) in [5.41, 5.74) is 0. The van der Waals surface area contributed by atoms with E-state index < -0.39 is 0 Å². The highest BCUT2D eigenvalue weighted by Gasteiger charge is 2.27. The van der Waals surface area contributed by atoms with Crippen molar-refractivity contribution in [1.82, 2.24) is 15.1 Å². The molecule has 0 saturated carbocycles. The molecule has 2 fully saturated rings. The molecule has 0 aliphatic carbocycles. The zero-order valence-corrected chi connectivity index (χ0v) is 17.1. The van der Waals surface area contributed by atoms with Crippen LogP contribution in [0.2, 0.25) is 0 Å². The summed E-state index contributed by atoms with van der Waals surface area (Å²) in [4.78, 5) is 9.62. The molecule has 0 aromatic heterocycles. The lowest BCUT2D eigenvalue weighted by atomic mass is 9.94. The minimum absolute atomic E-state index is 0.429. The first-order chi connectivity index (χ1) is 12.0. The van der Waals surface area contributed by atoms with Crippen LogP contribution in [-0.4, -0.2) is 74.3 Å². The molecule has 25 heavy (non-hydrogen) atoms. The summed E-state index contributed by atoms with van der Waals surface area (Å²) < 4.78 is 5.77. The van der Waals surface area contributed by atoms with Crippen molar-refractivity contribution < 1.29 is 4.74 Å². The molecule has 0 bridgehead atoms. The molecule has 1 N–H and O–H groups in total. The van der Waals surface area contributed by atoms with Crippen LogP contribution < -0.4 is 5.32 Å². The molecule has 1 unspecified atom stereocenters. The van der Waals surface area contributed by atoms with Crippen LogP contribution in [0.15, 0.2) is 4.99 Å². The number of piperidine rings is 2. The van der Waals surface area contributed by atoms with Crippen molar-refractivity contribution in [3.8, 4) is 0 Å². The van der Waals surface area contributed by atoms with Gasteiger partial charge in [0.25, 0.3) is 0 Å². The Morgan fingerprint density at radius 3 is 2.28 bits per heavy atom. The number of ether oxygens (including phenoxy) is 1. The number of rotatable bonds is 6. The topological polar surface area (TPSA) is 40.1 Å². The van der Waals surface area contributed by atoms with E-state index >= 15 is 0 Å². The highest BCUT2D eigenvalue weighted by atomic mass is 16.5. The maximum atomic E-state index is 5.77. The Morgan fingerprint density at radius 2 is 1.76 bits per heavy atom. The fraction of sp³-hybridized carbons (Fsp3) is 0.950. The normalized spacial score (nSPS) is 23.3. The van der Waals surface area contributed by atoms with Gasteiger partial charge in [0.2, 0.25) is 0 Å². The number of nitrogens with zero attached hydrogens (tertiary/aromatic N) is 3. The SMILES string of the molecule is CCOC1CCN(C(=NC)NCC(C(C)C)N2CCC(C)CC2)CC1. The summed E-state index contributed by atoms with van der Waals surface area (Å²) in [6.45, 7) is 15.5. The zero-order valence-electron chi connectivity index (χ0n) is 17.1. The quantitative estimate of drug-likeness (QED) is 0.589. The van der Waals surface area contributed by atoms with E-state index in [9.17, 15) is 0 Å². The second-order valence-electron chi connectivity index (χ2n) is 8.10.